The number of carbonyl (C=O) groups excluding carboxylic acids is 2. The first-order valence-corrected chi connectivity index (χ1v) is 14.0. The zero-order valence-corrected chi connectivity index (χ0v) is 23.1. The van der Waals surface area contributed by atoms with Crippen LogP contribution in [0.5, 0.6) is 0 Å². The van der Waals surface area contributed by atoms with Crippen LogP contribution in [0.3, 0.4) is 0 Å². The number of pyridine rings is 1. The van der Waals surface area contributed by atoms with Crippen molar-refractivity contribution in [3.8, 4) is 11.1 Å². The van der Waals surface area contributed by atoms with Crippen molar-refractivity contribution < 1.29 is 9.59 Å². The molecule has 2 aromatic heterocycles. The van der Waals surface area contributed by atoms with Gasteiger partial charge in [0.25, 0.3) is 0 Å². The molecule has 0 radical (unpaired) electrons. The number of para-hydroxylation sites is 1. The Labute approximate surface area is 225 Å². The Morgan fingerprint density at radius 2 is 1.87 bits per heavy atom. The Hall–Kier alpha value is -3.32. The van der Waals surface area contributed by atoms with Crippen LogP contribution in [0.15, 0.2) is 48.9 Å². The first-order chi connectivity index (χ1) is 18.4. The van der Waals surface area contributed by atoms with E-state index in [4.69, 9.17) is 5.41 Å². The second kappa shape index (κ2) is 12.5. The van der Waals surface area contributed by atoms with Crippen molar-refractivity contribution in [1.29, 1.82) is 5.41 Å². The molecular weight excluding hydrogens is 474 g/mol. The molecule has 1 aliphatic rings. The molecule has 7 heteroatoms. The largest absolute Gasteiger partial charge is 0.347 e. The van der Waals surface area contributed by atoms with Gasteiger partial charge in [-0.3, -0.25) is 14.6 Å². The average molecular weight is 516 g/mol. The Kier molecular flexibility index (Phi) is 9.10. The Morgan fingerprint density at radius 1 is 1.13 bits per heavy atom. The molecule has 3 aromatic rings. The maximum absolute atomic E-state index is 13.9. The van der Waals surface area contributed by atoms with Crippen molar-refractivity contribution >= 4 is 28.3 Å². The van der Waals surface area contributed by atoms with Gasteiger partial charge in [-0.1, -0.05) is 44.4 Å². The molecule has 1 amide bonds. The van der Waals surface area contributed by atoms with Crippen LogP contribution in [0.4, 0.5) is 0 Å². The van der Waals surface area contributed by atoms with Gasteiger partial charge in [-0.05, 0) is 63.8 Å². The lowest BCUT2D eigenvalue weighted by molar-refractivity contribution is -0.127. The molecule has 0 saturated heterocycles. The van der Waals surface area contributed by atoms with Crippen LogP contribution >= 0.6 is 0 Å². The fraction of sp³-hybridized carbons (Fsp3) is 0.484. The number of fused-ring (bicyclic) bond motifs is 1. The Balaban J connectivity index is 1.64. The van der Waals surface area contributed by atoms with E-state index in [1.165, 1.54) is 5.52 Å². The lowest BCUT2D eigenvalue weighted by Crippen LogP contribution is -2.53. The van der Waals surface area contributed by atoms with Crippen LogP contribution in [0, 0.1) is 11.3 Å². The van der Waals surface area contributed by atoms with Gasteiger partial charge >= 0.3 is 0 Å². The molecule has 3 atom stereocenters. The SMILES string of the molecule is CCC(C(=N)C(=O)C(NC(=O)C(C)NC)C1CCCCC1)c1cncc(-c2cn(CC)c3ccccc23)c1. The number of Topliss-reactive ketones (excluding diaryl/α,β-unsaturated/α-hetero) is 1. The quantitative estimate of drug-likeness (QED) is 0.295. The van der Waals surface area contributed by atoms with Gasteiger partial charge in [0.05, 0.1) is 17.8 Å². The predicted octanol–water partition coefficient (Wildman–Crippen LogP) is 5.48. The minimum Gasteiger partial charge on any atom is -0.347 e. The lowest BCUT2D eigenvalue weighted by atomic mass is 9.78. The van der Waals surface area contributed by atoms with Gasteiger partial charge in [-0.15, -0.1) is 0 Å². The number of amides is 1. The number of nitrogens with one attached hydrogen (secondary N) is 3. The average Bonchev–Trinajstić information content (AvgIpc) is 3.35. The molecular formula is C31H41N5O2. The van der Waals surface area contributed by atoms with Crippen molar-refractivity contribution in [2.45, 2.75) is 83.8 Å². The van der Waals surface area contributed by atoms with E-state index in [1.807, 2.05) is 25.3 Å². The van der Waals surface area contributed by atoms with Gasteiger partial charge in [0.1, 0.15) is 0 Å². The number of hydrogen-bond donors (Lipinski definition) is 3. The van der Waals surface area contributed by atoms with E-state index >= 15 is 0 Å². The fourth-order valence-electron chi connectivity index (χ4n) is 5.75. The molecule has 0 spiro atoms. The number of benzene rings is 1. The van der Waals surface area contributed by atoms with Gasteiger partial charge in [0.2, 0.25) is 5.91 Å². The topological polar surface area (TPSA) is 99.9 Å². The van der Waals surface area contributed by atoms with E-state index in [0.29, 0.717) is 6.42 Å². The summed E-state index contributed by atoms with van der Waals surface area (Å²) in [5, 5.41) is 16.1. The van der Waals surface area contributed by atoms with Crippen molar-refractivity contribution in [3.63, 3.8) is 0 Å². The van der Waals surface area contributed by atoms with Gasteiger partial charge < -0.3 is 20.6 Å². The molecule has 3 N–H and O–H groups in total. The normalized spacial score (nSPS) is 16.6. The van der Waals surface area contributed by atoms with E-state index in [2.05, 4.69) is 51.5 Å². The van der Waals surface area contributed by atoms with Crippen molar-refractivity contribution in [2.24, 2.45) is 5.92 Å². The summed E-state index contributed by atoms with van der Waals surface area (Å²) in [6, 6.07) is 9.33. The maximum atomic E-state index is 13.9. The molecule has 1 saturated carbocycles. The number of aromatic nitrogens is 2. The zero-order valence-electron chi connectivity index (χ0n) is 23.1. The first kappa shape index (κ1) is 27.7. The number of hydrogen-bond acceptors (Lipinski definition) is 5. The number of likely N-dealkylation sites (N-methyl/N-ethyl adjacent to an activating group) is 1. The molecule has 1 fully saturated rings. The van der Waals surface area contributed by atoms with Crippen molar-refractivity contribution in [2.75, 3.05) is 7.05 Å². The van der Waals surface area contributed by atoms with Crippen molar-refractivity contribution in [1.82, 2.24) is 20.2 Å². The molecule has 1 aliphatic carbocycles. The van der Waals surface area contributed by atoms with E-state index in [0.717, 1.165) is 60.7 Å². The lowest BCUT2D eigenvalue weighted by Gasteiger charge is -2.32. The maximum Gasteiger partial charge on any atom is 0.237 e. The molecule has 2 heterocycles. The second-order valence-corrected chi connectivity index (χ2v) is 10.5. The Morgan fingerprint density at radius 3 is 2.55 bits per heavy atom. The molecule has 3 unspecified atom stereocenters. The number of nitrogens with zero attached hydrogens (tertiary/aromatic N) is 2. The minimum absolute atomic E-state index is 0.0513. The van der Waals surface area contributed by atoms with E-state index in [9.17, 15) is 9.59 Å². The van der Waals surface area contributed by atoms with E-state index in [-0.39, 0.29) is 29.2 Å². The van der Waals surface area contributed by atoms with E-state index < -0.39 is 12.1 Å². The van der Waals surface area contributed by atoms with E-state index in [1.54, 1.807) is 20.2 Å². The van der Waals surface area contributed by atoms with Gasteiger partial charge in [0.15, 0.2) is 5.78 Å². The van der Waals surface area contributed by atoms with Gasteiger partial charge in [-0.2, -0.15) is 0 Å². The van der Waals surface area contributed by atoms with Gasteiger partial charge in [0, 0.05) is 53.1 Å². The van der Waals surface area contributed by atoms with Crippen molar-refractivity contribution in [3.05, 3.63) is 54.5 Å². The van der Waals surface area contributed by atoms with Crippen LogP contribution in [-0.4, -0.2) is 46.1 Å². The van der Waals surface area contributed by atoms with Crippen LogP contribution in [0.1, 0.15) is 70.8 Å². The highest BCUT2D eigenvalue weighted by atomic mass is 16.2. The third-order valence-corrected chi connectivity index (χ3v) is 8.15. The zero-order chi connectivity index (χ0) is 27.2. The molecule has 0 aliphatic heterocycles. The number of rotatable bonds is 11. The standard InChI is InChI=1S/C31H41N5O2/c1-5-24(28(32)30(37)29(21-12-8-7-9-13-21)35-31(38)20(3)33-4)22-16-23(18-34-17-22)26-19-36(6-2)27-15-11-10-14-25(26)27/h10-11,14-21,24,29,32-33H,5-9,12-13H2,1-4H3,(H,35,38). The molecule has 1 aromatic carbocycles. The summed E-state index contributed by atoms with van der Waals surface area (Å²) in [5.41, 5.74) is 4.15. The summed E-state index contributed by atoms with van der Waals surface area (Å²) in [7, 11) is 1.73. The molecule has 38 heavy (non-hydrogen) atoms. The van der Waals surface area contributed by atoms with Crippen LogP contribution in [-0.2, 0) is 16.1 Å². The summed E-state index contributed by atoms with van der Waals surface area (Å²) < 4.78 is 2.23. The molecule has 7 nitrogen and oxygen atoms in total. The summed E-state index contributed by atoms with van der Waals surface area (Å²) >= 11 is 0. The third kappa shape index (κ3) is 5.73. The van der Waals surface area contributed by atoms with Crippen LogP contribution in [0.25, 0.3) is 22.0 Å². The Bertz CT molecular complexity index is 1290. The summed E-state index contributed by atoms with van der Waals surface area (Å²) in [6.45, 7) is 6.78. The number of ketones is 1. The highest BCUT2D eigenvalue weighted by Gasteiger charge is 2.36. The second-order valence-electron chi connectivity index (χ2n) is 10.5. The molecule has 202 valence electrons. The third-order valence-electron chi connectivity index (χ3n) is 8.15. The minimum atomic E-state index is -0.668. The van der Waals surface area contributed by atoms with Crippen LogP contribution < -0.4 is 10.6 Å². The summed E-state index contributed by atoms with van der Waals surface area (Å²) in [6.07, 6.45) is 11.4. The molecule has 0 bridgehead atoms. The monoisotopic (exact) mass is 515 g/mol. The number of aryl methyl sites for hydroxylation is 1. The highest BCUT2D eigenvalue weighted by Crippen LogP contribution is 2.33. The van der Waals surface area contributed by atoms with Gasteiger partial charge in [-0.25, -0.2) is 0 Å². The summed E-state index contributed by atoms with van der Waals surface area (Å²) in [5.74, 6) is -0.799. The first-order valence-electron chi connectivity index (χ1n) is 14.0. The predicted molar refractivity (Wildman–Crippen MR) is 154 cm³/mol. The number of carbonyl (C=O) groups is 2. The molecule has 4 rings (SSSR count). The highest BCUT2D eigenvalue weighted by molar-refractivity contribution is 6.42. The van der Waals surface area contributed by atoms with Crippen LogP contribution in [0.2, 0.25) is 0 Å². The summed E-state index contributed by atoms with van der Waals surface area (Å²) in [4.78, 5) is 31.2. The fourth-order valence-corrected chi connectivity index (χ4v) is 5.75. The smallest absolute Gasteiger partial charge is 0.237 e.